The van der Waals surface area contributed by atoms with Gasteiger partial charge in [0.1, 0.15) is 0 Å². The molecule has 4 rings (SSSR count). The molecule has 4 heteroatoms. The van der Waals surface area contributed by atoms with Gasteiger partial charge in [-0.1, -0.05) is 42.3 Å². The molecule has 2 nitrogen and oxygen atoms in total. The van der Waals surface area contributed by atoms with Crippen molar-refractivity contribution in [3.8, 4) is 5.69 Å². The molecule has 1 aliphatic rings. The predicted octanol–water partition coefficient (Wildman–Crippen LogP) is 6.40. The average molecular weight is 383 g/mol. The lowest BCUT2D eigenvalue weighted by Gasteiger charge is -2.15. The van der Waals surface area contributed by atoms with E-state index in [9.17, 15) is 0 Å². The van der Waals surface area contributed by atoms with E-state index in [4.69, 9.17) is 16.7 Å². The third-order valence-electron chi connectivity index (χ3n) is 4.98. The summed E-state index contributed by atoms with van der Waals surface area (Å²) in [6.45, 7) is 2.12. The maximum atomic E-state index is 6.64. The Hall–Kier alpha value is -1.71. The Labute approximate surface area is 164 Å². The van der Waals surface area contributed by atoms with Crippen LogP contribution in [-0.4, -0.2) is 9.78 Å². The number of benzene rings is 2. The highest BCUT2D eigenvalue weighted by Crippen LogP contribution is 2.33. The Kier molecular flexibility index (Phi) is 5.37. The van der Waals surface area contributed by atoms with E-state index in [0.29, 0.717) is 0 Å². The number of thioether (sulfide) groups is 1. The number of halogens is 1. The van der Waals surface area contributed by atoms with Gasteiger partial charge in [-0.25, -0.2) is 4.68 Å². The molecule has 0 fully saturated rings. The first-order valence-electron chi connectivity index (χ1n) is 9.26. The van der Waals surface area contributed by atoms with Crippen LogP contribution in [-0.2, 0) is 18.6 Å². The molecule has 2 aromatic carbocycles. The molecule has 134 valence electrons. The van der Waals surface area contributed by atoms with Gasteiger partial charge < -0.3 is 0 Å². The minimum atomic E-state index is 0.805. The highest BCUT2D eigenvalue weighted by atomic mass is 35.5. The highest BCUT2D eigenvalue weighted by molar-refractivity contribution is 7.98. The Morgan fingerprint density at radius 2 is 1.85 bits per heavy atom. The van der Waals surface area contributed by atoms with Gasteiger partial charge in [0.15, 0.2) is 0 Å². The summed E-state index contributed by atoms with van der Waals surface area (Å²) in [5, 5.41) is 5.71. The van der Waals surface area contributed by atoms with E-state index in [0.717, 1.165) is 40.7 Å². The second kappa shape index (κ2) is 7.89. The summed E-state index contributed by atoms with van der Waals surface area (Å²) in [6.07, 6.45) is 6.04. The van der Waals surface area contributed by atoms with E-state index in [2.05, 4.69) is 48.0 Å². The van der Waals surface area contributed by atoms with Crippen LogP contribution in [0.3, 0.4) is 0 Å². The monoisotopic (exact) mass is 382 g/mol. The number of hydrogen-bond donors (Lipinski definition) is 0. The normalized spacial score (nSPS) is 14.1. The zero-order valence-corrected chi connectivity index (χ0v) is 16.6. The Morgan fingerprint density at radius 1 is 1.04 bits per heavy atom. The molecule has 0 spiro atoms. The van der Waals surface area contributed by atoms with Crippen LogP contribution in [0.2, 0.25) is 5.02 Å². The molecule has 0 saturated carbocycles. The fraction of sp³-hybridized carbons (Fsp3) is 0.318. The van der Waals surface area contributed by atoms with Crippen molar-refractivity contribution in [2.24, 2.45) is 0 Å². The molecular formula is C22H23ClN2S. The molecule has 0 amide bonds. The lowest BCUT2D eigenvalue weighted by atomic mass is 10.0. The maximum absolute atomic E-state index is 6.64. The predicted molar refractivity (Wildman–Crippen MR) is 111 cm³/mol. The first-order valence-corrected chi connectivity index (χ1v) is 10.6. The van der Waals surface area contributed by atoms with Gasteiger partial charge in [0.2, 0.25) is 0 Å². The molecule has 0 saturated heterocycles. The van der Waals surface area contributed by atoms with Crippen LogP contribution >= 0.6 is 23.4 Å². The van der Waals surface area contributed by atoms with Crippen molar-refractivity contribution in [2.45, 2.75) is 49.7 Å². The van der Waals surface area contributed by atoms with Crippen molar-refractivity contribution < 1.29 is 0 Å². The van der Waals surface area contributed by atoms with Crippen molar-refractivity contribution >= 4 is 23.4 Å². The number of aromatic nitrogens is 2. The molecule has 1 aliphatic carbocycles. The molecule has 3 aromatic rings. The SMILES string of the molecule is Cc1cc(CSc2ccccc2)nn1-c1c(Cl)ccc2c1CCCCC2. The first-order chi connectivity index (χ1) is 12.7. The lowest BCUT2D eigenvalue weighted by Crippen LogP contribution is -2.07. The van der Waals surface area contributed by atoms with Crippen molar-refractivity contribution in [1.82, 2.24) is 9.78 Å². The van der Waals surface area contributed by atoms with Gasteiger partial charge in [-0.05, 0) is 68.0 Å². The van der Waals surface area contributed by atoms with Crippen LogP contribution < -0.4 is 0 Å². The van der Waals surface area contributed by atoms with E-state index >= 15 is 0 Å². The zero-order chi connectivity index (χ0) is 17.9. The molecule has 0 N–H and O–H groups in total. The van der Waals surface area contributed by atoms with Crippen molar-refractivity contribution in [3.63, 3.8) is 0 Å². The topological polar surface area (TPSA) is 17.8 Å². The van der Waals surface area contributed by atoms with E-state index in [1.807, 2.05) is 23.9 Å². The molecule has 0 bridgehead atoms. The fourth-order valence-corrected chi connectivity index (χ4v) is 4.76. The summed E-state index contributed by atoms with van der Waals surface area (Å²) in [5.41, 5.74) is 6.17. The molecule has 0 unspecified atom stereocenters. The molecule has 0 atom stereocenters. The number of nitrogens with zero attached hydrogens (tertiary/aromatic N) is 2. The van der Waals surface area contributed by atoms with Gasteiger partial charge in [0, 0.05) is 16.3 Å². The quantitative estimate of drug-likeness (QED) is 0.384. The van der Waals surface area contributed by atoms with Gasteiger partial charge in [-0.3, -0.25) is 0 Å². The second-order valence-corrected chi connectivity index (χ2v) is 8.34. The van der Waals surface area contributed by atoms with Crippen LogP contribution in [0.5, 0.6) is 0 Å². The second-order valence-electron chi connectivity index (χ2n) is 6.88. The largest absolute Gasteiger partial charge is 0.236 e. The number of fused-ring (bicyclic) bond motifs is 1. The average Bonchev–Trinajstić information content (AvgIpc) is 2.86. The van der Waals surface area contributed by atoms with Crippen molar-refractivity contribution in [3.05, 3.63) is 76.1 Å². The van der Waals surface area contributed by atoms with Crippen LogP contribution in [0, 0.1) is 6.92 Å². The molecule has 1 aromatic heterocycles. The summed E-state index contributed by atoms with van der Waals surface area (Å²) < 4.78 is 2.06. The van der Waals surface area contributed by atoms with Gasteiger partial charge in [0.05, 0.1) is 16.4 Å². The molecule has 1 heterocycles. The maximum Gasteiger partial charge on any atom is 0.0869 e. The van der Waals surface area contributed by atoms with Gasteiger partial charge in [0.25, 0.3) is 0 Å². The summed E-state index contributed by atoms with van der Waals surface area (Å²) in [7, 11) is 0. The number of aryl methyl sites for hydroxylation is 2. The summed E-state index contributed by atoms with van der Waals surface area (Å²) >= 11 is 8.46. The van der Waals surface area contributed by atoms with Crippen LogP contribution in [0.25, 0.3) is 5.69 Å². The summed E-state index contributed by atoms with van der Waals surface area (Å²) in [5.74, 6) is 0.866. The summed E-state index contributed by atoms with van der Waals surface area (Å²) in [4.78, 5) is 1.27. The standard InChI is InChI=1S/C22H23ClN2S/c1-16-14-18(15-26-19-9-5-3-6-10-19)24-25(16)22-20-11-7-2-4-8-17(20)12-13-21(22)23/h3,5-6,9-10,12-14H,2,4,7-8,11,15H2,1H3. The first kappa shape index (κ1) is 17.7. The van der Waals surface area contributed by atoms with Crippen molar-refractivity contribution in [2.75, 3.05) is 0 Å². The van der Waals surface area contributed by atoms with Gasteiger partial charge in [-0.15, -0.1) is 11.8 Å². The zero-order valence-electron chi connectivity index (χ0n) is 15.0. The minimum absolute atomic E-state index is 0.805. The van der Waals surface area contributed by atoms with Crippen LogP contribution in [0.4, 0.5) is 0 Å². The molecule has 0 radical (unpaired) electrons. The Bertz CT molecular complexity index is 902. The molecule has 26 heavy (non-hydrogen) atoms. The van der Waals surface area contributed by atoms with Gasteiger partial charge in [-0.2, -0.15) is 5.10 Å². The third-order valence-corrected chi connectivity index (χ3v) is 6.33. The molecular weight excluding hydrogens is 360 g/mol. The number of hydrogen-bond acceptors (Lipinski definition) is 2. The minimum Gasteiger partial charge on any atom is -0.236 e. The van der Waals surface area contributed by atoms with E-state index in [1.54, 1.807) is 0 Å². The Morgan fingerprint density at radius 3 is 2.69 bits per heavy atom. The number of rotatable bonds is 4. The lowest BCUT2D eigenvalue weighted by molar-refractivity contribution is 0.709. The molecule has 0 aliphatic heterocycles. The Balaban J connectivity index is 1.65. The highest BCUT2D eigenvalue weighted by Gasteiger charge is 2.18. The smallest absolute Gasteiger partial charge is 0.0869 e. The third kappa shape index (κ3) is 3.70. The summed E-state index contributed by atoms with van der Waals surface area (Å²) in [6, 6.07) is 16.9. The van der Waals surface area contributed by atoms with Gasteiger partial charge >= 0.3 is 0 Å². The van der Waals surface area contributed by atoms with Crippen molar-refractivity contribution in [1.29, 1.82) is 0 Å². The van der Waals surface area contributed by atoms with Crippen LogP contribution in [0.1, 0.15) is 41.8 Å². The fourth-order valence-electron chi connectivity index (χ4n) is 3.70. The van der Waals surface area contributed by atoms with E-state index < -0.39 is 0 Å². The van der Waals surface area contributed by atoms with Crippen LogP contribution in [0.15, 0.2) is 53.4 Å². The van der Waals surface area contributed by atoms with E-state index in [-0.39, 0.29) is 0 Å². The van der Waals surface area contributed by atoms with E-state index in [1.165, 1.54) is 35.3 Å².